The van der Waals surface area contributed by atoms with Gasteiger partial charge in [0.1, 0.15) is 17.6 Å². The molecule has 0 bridgehead atoms. The van der Waals surface area contributed by atoms with Gasteiger partial charge in [-0.1, -0.05) is 45.0 Å². The van der Waals surface area contributed by atoms with Gasteiger partial charge in [0.05, 0.1) is 17.1 Å². The molecule has 1 N–H and O–H groups in total. The second kappa shape index (κ2) is 9.62. The standard InChI is InChI=1S/C27H30N2O5S/c1-19-17-29(24-7-5-6-8-25(24)34-19)35(31,32)23-15-11-21(12-16-23)28-26(30)18-33-22-13-9-20(10-14-22)27(2,3)4/h5-16,19H,17-18H2,1-4H3,(H,28,30). The third-order valence-electron chi connectivity index (χ3n) is 5.70. The van der Waals surface area contributed by atoms with Crippen LogP contribution in [-0.4, -0.2) is 33.6 Å². The van der Waals surface area contributed by atoms with E-state index < -0.39 is 10.0 Å². The number of nitrogens with zero attached hydrogens (tertiary/aromatic N) is 1. The topological polar surface area (TPSA) is 84.9 Å². The highest BCUT2D eigenvalue weighted by atomic mass is 32.2. The minimum Gasteiger partial charge on any atom is -0.487 e. The highest BCUT2D eigenvalue weighted by Crippen LogP contribution is 2.36. The molecular formula is C27H30N2O5S. The minimum absolute atomic E-state index is 0.0406. The molecule has 0 saturated carbocycles. The molecule has 8 heteroatoms. The Hall–Kier alpha value is -3.52. The number of carbonyl (C=O) groups is 1. The van der Waals surface area contributed by atoms with Crippen molar-refractivity contribution in [2.24, 2.45) is 0 Å². The van der Waals surface area contributed by atoms with Gasteiger partial charge in [-0.25, -0.2) is 8.42 Å². The van der Waals surface area contributed by atoms with Crippen molar-refractivity contribution in [3.63, 3.8) is 0 Å². The SMILES string of the molecule is CC1CN(S(=O)(=O)c2ccc(NC(=O)COc3ccc(C(C)(C)C)cc3)cc2)c2ccccc2O1. The number of sulfonamides is 1. The Morgan fingerprint density at radius 1 is 1.03 bits per heavy atom. The molecule has 3 aromatic carbocycles. The average molecular weight is 495 g/mol. The lowest BCUT2D eigenvalue weighted by Crippen LogP contribution is -2.42. The Bertz CT molecular complexity index is 1300. The van der Waals surface area contributed by atoms with Crippen LogP contribution in [0.2, 0.25) is 0 Å². The van der Waals surface area contributed by atoms with Gasteiger partial charge in [-0.2, -0.15) is 0 Å². The number of benzene rings is 3. The molecule has 7 nitrogen and oxygen atoms in total. The molecule has 0 aromatic heterocycles. The van der Waals surface area contributed by atoms with Crippen molar-refractivity contribution >= 4 is 27.3 Å². The van der Waals surface area contributed by atoms with E-state index in [0.29, 0.717) is 22.9 Å². The van der Waals surface area contributed by atoms with Gasteiger partial charge in [-0.05, 0) is 66.4 Å². The van der Waals surface area contributed by atoms with Crippen LogP contribution in [-0.2, 0) is 20.2 Å². The fourth-order valence-corrected chi connectivity index (χ4v) is 5.36. The van der Waals surface area contributed by atoms with Crippen LogP contribution < -0.4 is 19.1 Å². The number of carbonyl (C=O) groups excluding carboxylic acids is 1. The van der Waals surface area contributed by atoms with E-state index in [0.717, 1.165) is 0 Å². The molecule has 1 unspecified atom stereocenters. The number of rotatable bonds is 6. The van der Waals surface area contributed by atoms with Crippen LogP contribution in [0.15, 0.2) is 77.7 Å². The largest absolute Gasteiger partial charge is 0.487 e. The summed E-state index contributed by atoms with van der Waals surface area (Å²) in [5.41, 5.74) is 2.21. The lowest BCUT2D eigenvalue weighted by Gasteiger charge is -2.34. The summed E-state index contributed by atoms with van der Waals surface area (Å²) in [5, 5.41) is 2.74. The zero-order chi connectivity index (χ0) is 25.2. The maximum absolute atomic E-state index is 13.3. The zero-order valence-electron chi connectivity index (χ0n) is 20.3. The lowest BCUT2D eigenvalue weighted by molar-refractivity contribution is -0.118. The van der Waals surface area contributed by atoms with Crippen LogP contribution >= 0.6 is 0 Å². The summed E-state index contributed by atoms with van der Waals surface area (Å²) >= 11 is 0. The second-order valence-corrected chi connectivity index (χ2v) is 11.4. The Labute approximate surface area is 206 Å². The van der Waals surface area contributed by atoms with Gasteiger partial charge < -0.3 is 14.8 Å². The first kappa shape index (κ1) is 24.6. The molecule has 0 radical (unpaired) electrons. The summed E-state index contributed by atoms with van der Waals surface area (Å²) in [4.78, 5) is 12.5. The number of anilines is 2. The van der Waals surface area contributed by atoms with Crippen molar-refractivity contribution in [2.45, 2.75) is 44.1 Å². The highest BCUT2D eigenvalue weighted by molar-refractivity contribution is 7.92. The Morgan fingerprint density at radius 3 is 2.34 bits per heavy atom. The number of hydrogen-bond donors (Lipinski definition) is 1. The first-order chi connectivity index (χ1) is 16.5. The normalized spacial score (nSPS) is 15.7. The summed E-state index contributed by atoms with van der Waals surface area (Å²) < 4.78 is 39.4. The van der Waals surface area contributed by atoms with Crippen LogP contribution in [0.5, 0.6) is 11.5 Å². The molecule has 0 aliphatic carbocycles. The number of amides is 1. The second-order valence-electron chi connectivity index (χ2n) is 9.57. The van der Waals surface area contributed by atoms with E-state index in [9.17, 15) is 13.2 Å². The van der Waals surface area contributed by atoms with Crippen molar-refractivity contribution in [3.8, 4) is 11.5 Å². The van der Waals surface area contributed by atoms with Crippen LogP contribution in [0, 0.1) is 0 Å². The molecular weight excluding hydrogens is 464 g/mol. The molecule has 35 heavy (non-hydrogen) atoms. The van der Waals surface area contributed by atoms with Crippen molar-refractivity contribution in [1.29, 1.82) is 0 Å². The van der Waals surface area contributed by atoms with E-state index in [-0.39, 0.29) is 35.5 Å². The molecule has 1 amide bonds. The summed E-state index contributed by atoms with van der Waals surface area (Å²) in [6.45, 7) is 8.29. The van der Waals surface area contributed by atoms with Gasteiger partial charge in [-0.15, -0.1) is 0 Å². The lowest BCUT2D eigenvalue weighted by atomic mass is 9.87. The van der Waals surface area contributed by atoms with Gasteiger partial charge in [0.15, 0.2) is 6.61 Å². The first-order valence-corrected chi connectivity index (χ1v) is 12.9. The molecule has 0 saturated heterocycles. The van der Waals surface area contributed by atoms with Crippen molar-refractivity contribution in [1.82, 2.24) is 0 Å². The van der Waals surface area contributed by atoms with E-state index in [4.69, 9.17) is 9.47 Å². The van der Waals surface area contributed by atoms with E-state index >= 15 is 0 Å². The molecule has 3 aromatic rings. The van der Waals surface area contributed by atoms with Gasteiger partial charge in [0.25, 0.3) is 15.9 Å². The molecule has 1 aliphatic rings. The van der Waals surface area contributed by atoms with Crippen LogP contribution in [0.1, 0.15) is 33.3 Å². The summed E-state index contributed by atoms with van der Waals surface area (Å²) in [7, 11) is -3.80. The van der Waals surface area contributed by atoms with Crippen LogP contribution in [0.4, 0.5) is 11.4 Å². The van der Waals surface area contributed by atoms with Gasteiger partial charge in [0, 0.05) is 5.69 Å². The number of nitrogens with one attached hydrogen (secondary N) is 1. The minimum atomic E-state index is -3.80. The summed E-state index contributed by atoms with van der Waals surface area (Å²) in [6, 6.07) is 20.8. The molecule has 184 valence electrons. The monoisotopic (exact) mass is 494 g/mol. The predicted molar refractivity (Wildman–Crippen MR) is 137 cm³/mol. The Morgan fingerprint density at radius 2 is 1.69 bits per heavy atom. The molecule has 1 aliphatic heterocycles. The number of fused-ring (bicyclic) bond motifs is 1. The molecule has 1 heterocycles. The van der Waals surface area contributed by atoms with E-state index in [2.05, 4.69) is 26.1 Å². The fourth-order valence-electron chi connectivity index (χ4n) is 3.81. The molecule has 0 spiro atoms. The molecule has 0 fully saturated rings. The van der Waals surface area contributed by atoms with Crippen molar-refractivity contribution < 1.29 is 22.7 Å². The molecule has 4 rings (SSSR count). The number of hydrogen-bond acceptors (Lipinski definition) is 5. The summed E-state index contributed by atoms with van der Waals surface area (Å²) in [5.74, 6) is 0.804. The van der Waals surface area contributed by atoms with E-state index in [1.807, 2.05) is 37.3 Å². The maximum Gasteiger partial charge on any atom is 0.264 e. The number of para-hydroxylation sites is 2. The Kier molecular flexibility index (Phi) is 6.76. The van der Waals surface area contributed by atoms with Crippen LogP contribution in [0.25, 0.3) is 0 Å². The maximum atomic E-state index is 13.3. The van der Waals surface area contributed by atoms with Crippen molar-refractivity contribution in [2.75, 3.05) is 22.8 Å². The third kappa shape index (κ3) is 5.59. The fraction of sp³-hybridized carbons (Fsp3) is 0.296. The van der Waals surface area contributed by atoms with Gasteiger partial charge >= 0.3 is 0 Å². The van der Waals surface area contributed by atoms with E-state index in [1.165, 1.54) is 22.0 Å². The van der Waals surface area contributed by atoms with Crippen LogP contribution in [0.3, 0.4) is 0 Å². The average Bonchev–Trinajstić information content (AvgIpc) is 2.82. The highest BCUT2D eigenvalue weighted by Gasteiger charge is 2.32. The van der Waals surface area contributed by atoms with Gasteiger partial charge in [0.2, 0.25) is 0 Å². The Balaban J connectivity index is 1.39. The summed E-state index contributed by atoms with van der Waals surface area (Å²) in [6.07, 6.45) is -0.275. The molecule has 1 atom stereocenters. The third-order valence-corrected chi connectivity index (χ3v) is 7.50. The predicted octanol–water partition coefficient (Wildman–Crippen LogP) is 4.98. The smallest absolute Gasteiger partial charge is 0.264 e. The van der Waals surface area contributed by atoms with Gasteiger partial charge in [-0.3, -0.25) is 9.10 Å². The first-order valence-electron chi connectivity index (χ1n) is 11.5. The quantitative estimate of drug-likeness (QED) is 0.523. The zero-order valence-corrected chi connectivity index (χ0v) is 21.1. The van der Waals surface area contributed by atoms with Crippen molar-refractivity contribution in [3.05, 3.63) is 78.4 Å². The van der Waals surface area contributed by atoms with E-state index in [1.54, 1.807) is 30.3 Å². The number of ether oxygens (including phenoxy) is 2.